The van der Waals surface area contributed by atoms with Crippen molar-refractivity contribution in [2.45, 2.75) is 45.2 Å². The van der Waals surface area contributed by atoms with Gasteiger partial charge in [0.15, 0.2) is 0 Å². The van der Waals surface area contributed by atoms with Crippen LogP contribution in [0.2, 0.25) is 0 Å². The standard InChI is InChI=1S/C13H24N4/c1-3-17-7-4-5-13(6-8-17)16-11(2)12-9-14-15-10-12/h9-11,13,16H,3-8H2,1-2H3,(H,14,15). The van der Waals surface area contributed by atoms with E-state index < -0.39 is 0 Å². The van der Waals surface area contributed by atoms with Crippen molar-refractivity contribution in [2.75, 3.05) is 19.6 Å². The number of aromatic amines is 1. The fraction of sp³-hybridized carbons (Fsp3) is 0.769. The molecule has 4 nitrogen and oxygen atoms in total. The van der Waals surface area contributed by atoms with E-state index in [1.165, 1.54) is 44.5 Å². The second-order valence-corrected chi connectivity index (χ2v) is 4.98. The maximum Gasteiger partial charge on any atom is 0.0534 e. The van der Waals surface area contributed by atoms with Gasteiger partial charge in [0.05, 0.1) is 6.20 Å². The minimum atomic E-state index is 0.395. The van der Waals surface area contributed by atoms with Crippen LogP contribution in [0.1, 0.15) is 44.7 Å². The van der Waals surface area contributed by atoms with E-state index in [-0.39, 0.29) is 0 Å². The van der Waals surface area contributed by atoms with E-state index in [9.17, 15) is 0 Å². The van der Waals surface area contributed by atoms with Crippen molar-refractivity contribution in [3.05, 3.63) is 18.0 Å². The lowest BCUT2D eigenvalue weighted by molar-refractivity contribution is 0.295. The van der Waals surface area contributed by atoms with Gasteiger partial charge in [-0.1, -0.05) is 6.92 Å². The van der Waals surface area contributed by atoms with Gasteiger partial charge in [0.25, 0.3) is 0 Å². The summed E-state index contributed by atoms with van der Waals surface area (Å²) < 4.78 is 0. The van der Waals surface area contributed by atoms with Crippen molar-refractivity contribution in [2.24, 2.45) is 0 Å². The second kappa shape index (κ2) is 6.17. The summed E-state index contributed by atoms with van der Waals surface area (Å²) in [5.41, 5.74) is 1.25. The Morgan fingerprint density at radius 3 is 3.12 bits per heavy atom. The molecule has 2 heterocycles. The van der Waals surface area contributed by atoms with Gasteiger partial charge in [-0.05, 0) is 45.8 Å². The highest BCUT2D eigenvalue weighted by Crippen LogP contribution is 2.16. The number of nitrogens with one attached hydrogen (secondary N) is 2. The van der Waals surface area contributed by atoms with Crippen LogP contribution in [0.15, 0.2) is 12.4 Å². The Morgan fingerprint density at radius 2 is 2.41 bits per heavy atom. The second-order valence-electron chi connectivity index (χ2n) is 4.98. The summed E-state index contributed by atoms with van der Waals surface area (Å²) in [4.78, 5) is 2.55. The average molecular weight is 236 g/mol. The zero-order chi connectivity index (χ0) is 12.1. The summed E-state index contributed by atoms with van der Waals surface area (Å²) in [5, 5.41) is 10.6. The van der Waals surface area contributed by atoms with Gasteiger partial charge in [-0.3, -0.25) is 5.10 Å². The fourth-order valence-electron chi connectivity index (χ4n) is 2.59. The molecular formula is C13H24N4. The minimum Gasteiger partial charge on any atom is -0.307 e. The molecule has 0 aliphatic carbocycles. The summed E-state index contributed by atoms with van der Waals surface area (Å²) in [6.07, 6.45) is 7.75. The molecule has 1 aromatic heterocycles. The van der Waals surface area contributed by atoms with Crippen molar-refractivity contribution >= 4 is 0 Å². The lowest BCUT2D eigenvalue weighted by atomic mass is 10.1. The van der Waals surface area contributed by atoms with Crippen LogP contribution in [0.3, 0.4) is 0 Å². The molecule has 2 unspecified atom stereocenters. The van der Waals surface area contributed by atoms with Crippen LogP contribution in [-0.2, 0) is 0 Å². The molecule has 0 bridgehead atoms. The molecule has 2 N–H and O–H groups in total. The van der Waals surface area contributed by atoms with E-state index in [0.717, 1.165) is 0 Å². The first-order chi connectivity index (χ1) is 8.29. The van der Waals surface area contributed by atoms with Gasteiger partial charge in [0.1, 0.15) is 0 Å². The number of rotatable bonds is 4. The molecule has 1 aliphatic rings. The highest BCUT2D eigenvalue weighted by molar-refractivity contribution is 5.08. The Bertz CT molecular complexity index is 309. The van der Waals surface area contributed by atoms with E-state index >= 15 is 0 Å². The molecule has 0 spiro atoms. The van der Waals surface area contributed by atoms with Crippen molar-refractivity contribution in [3.8, 4) is 0 Å². The highest BCUT2D eigenvalue weighted by Gasteiger charge is 2.18. The number of likely N-dealkylation sites (tertiary alicyclic amines) is 1. The largest absolute Gasteiger partial charge is 0.307 e. The molecule has 96 valence electrons. The molecule has 0 aromatic carbocycles. The lowest BCUT2D eigenvalue weighted by Crippen LogP contribution is -2.32. The predicted octanol–water partition coefficient (Wildman–Crippen LogP) is 1.93. The summed E-state index contributed by atoms with van der Waals surface area (Å²) in [7, 11) is 0. The van der Waals surface area contributed by atoms with Crippen LogP contribution in [0.25, 0.3) is 0 Å². The Labute approximate surface area is 104 Å². The quantitative estimate of drug-likeness (QED) is 0.839. The van der Waals surface area contributed by atoms with Gasteiger partial charge >= 0.3 is 0 Å². The first kappa shape index (κ1) is 12.6. The number of hydrogen-bond acceptors (Lipinski definition) is 3. The first-order valence-corrected chi connectivity index (χ1v) is 6.76. The first-order valence-electron chi connectivity index (χ1n) is 6.76. The van der Waals surface area contributed by atoms with Gasteiger partial charge in [-0.25, -0.2) is 0 Å². The molecule has 2 atom stereocenters. The highest BCUT2D eigenvalue weighted by atomic mass is 15.1. The Balaban J connectivity index is 1.82. The number of H-pyrrole nitrogens is 1. The molecule has 0 saturated carbocycles. The molecule has 1 saturated heterocycles. The van der Waals surface area contributed by atoms with E-state index in [0.29, 0.717) is 12.1 Å². The summed E-state index contributed by atoms with van der Waals surface area (Å²) in [5.74, 6) is 0. The minimum absolute atomic E-state index is 0.395. The van der Waals surface area contributed by atoms with E-state index in [1.54, 1.807) is 0 Å². The topological polar surface area (TPSA) is 44.0 Å². The molecule has 0 amide bonds. The maximum atomic E-state index is 4.01. The zero-order valence-electron chi connectivity index (χ0n) is 10.9. The van der Waals surface area contributed by atoms with Crippen LogP contribution >= 0.6 is 0 Å². The van der Waals surface area contributed by atoms with Crippen LogP contribution in [0.5, 0.6) is 0 Å². The molecule has 17 heavy (non-hydrogen) atoms. The summed E-state index contributed by atoms with van der Waals surface area (Å²) >= 11 is 0. The Kier molecular flexibility index (Phi) is 4.57. The van der Waals surface area contributed by atoms with Crippen LogP contribution in [0.4, 0.5) is 0 Å². The Hall–Kier alpha value is -0.870. The molecule has 4 heteroatoms. The van der Waals surface area contributed by atoms with Crippen molar-refractivity contribution < 1.29 is 0 Å². The molecule has 1 aromatic rings. The van der Waals surface area contributed by atoms with Crippen molar-refractivity contribution in [1.29, 1.82) is 0 Å². The monoisotopic (exact) mass is 236 g/mol. The maximum absolute atomic E-state index is 4.01. The number of aromatic nitrogens is 2. The van der Waals surface area contributed by atoms with Gasteiger partial charge < -0.3 is 10.2 Å². The molecule has 2 rings (SSSR count). The van der Waals surface area contributed by atoms with Crippen LogP contribution < -0.4 is 5.32 Å². The zero-order valence-corrected chi connectivity index (χ0v) is 10.9. The van der Waals surface area contributed by atoms with Crippen molar-refractivity contribution in [1.82, 2.24) is 20.4 Å². The molecule has 1 aliphatic heterocycles. The van der Waals surface area contributed by atoms with Crippen LogP contribution in [0, 0.1) is 0 Å². The van der Waals surface area contributed by atoms with Gasteiger partial charge in [-0.15, -0.1) is 0 Å². The number of hydrogen-bond donors (Lipinski definition) is 2. The molecule has 0 radical (unpaired) electrons. The lowest BCUT2D eigenvalue weighted by Gasteiger charge is -2.21. The van der Waals surface area contributed by atoms with E-state index in [1.807, 2.05) is 12.4 Å². The smallest absolute Gasteiger partial charge is 0.0534 e. The third-order valence-corrected chi connectivity index (χ3v) is 3.77. The average Bonchev–Trinajstić information content (AvgIpc) is 2.78. The normalized spacial score (nSPS) is 24.5. The van der Waals surface area contributed by atoms with E-state index in [2.05, 4.69) is 34.3 Å². The number of nitrogens with zero attached hydrogens (tertiary/aromatic N) is 2. The van der Waals surface area contributed by atoms with Gasteiger partial charge in [0.2, 0.25) is 0 Å². The molecular weight excluding hydrogens is 212 g/mol. The summed E-state index contributed by atoms with van der Waals surface area (Å²) in [6.45, 7) is 8.14. The summed E-state index contributed by atoms with van der Waals surface area (Å²) in [6, 6.07) is 1.04. The SMILES string of the molecule is CCN1CCCC(NC(C)c2cn[nH]c2)CC1. The third kappa shape index (κ3) is 3.54. The predicted molar refractivity (Wildman–Crippen MR) is 69.9 cm³/mol. The fourth-order valence-corrected chi connectivity index (χ4v) is 2.59. The van der Waals surface area contributed by atoms with Gasteiger partial charge in [-0.2, -0.15) is 5.10 Å². The molecule has 1 fully saturated rings. The third-order valence-electron chi connectivity index (χ3n) is 3.77. The van der Waals surface area contributed by atoms with Gasteiger partial charge in [0, 0.05) is 23.8 Å². The Morgan fingerprint density at radius 1 is 1.53 bits per heavy atom. The van der Waals surface area contributed by atoms with Crippen molar-refractivity contribution in [3.63, 3.8) is 0 Å². The van der Waals surface area contributed by atoms with E-state index in [4.69, 9.17) is 0 Å². The van der Waals surface area contributed by atoms with Crippen LogP contribution in [-0.4, -0.2) is 40.8 Å².